The topological polar surface area (TPSA) is 3.24 Å². The highest BCUT2D eigenvalue weighted by molar-refractivity contribution is 5.52. The Morgan fingerprint density at radius 2 is 1.55 bits per heavy atom. The smallest absolute Gasteiger partial charge is 0.0141 e. The van der Waals surface area contributed by atoms with Crippen molar-refractivity contribution in [3.8, 4) is 0 Å². The van der Waals surface area contributed by atoms with Gasteiger partial charge >= 0.3 is 0 Å². The van der Waals surface area contributed by atoms with E-state index in [1.165, 1.54) is 13.0 Å². The van der Waals surface area contributed by atoms with Gasteiger partial charge in [-0.3, -0.25) is 0 Å². The predicted molar refractivity (Wildman–Crippen MR) is 83.2 cm³/mol. The van der Waals surface area contributed by atoms with Crippen LogP contribution in [0.3, 0.4) is 0 Å². The molecule has 0 saturated carbocycles. The molecule has 102 valence electrons. The second kappa shape index (κ2) is 4.46. The highest BCUT2D eigenvalue weighted by atomic mass is 15.1. The summed E-state index contributed by atoms with van der Waals surface area (Å²) in [6.07, 6.45) is 1.21. The number of hydrogen-bond acceptors (Lipinski definition) is 1. The first-order chi connectivity index (χ1) is 9.75. The molecule has 4 rings (SSSR count). The van der Waals surface area contributed by atoms with Crippen LogP contribution >= 0.6 is 0 Å². The predicted octanol–water partition coefficient (Wildman–Crippen LogP) is 3.65. The first-order valence-corrected chi connectivity index (χ1v) is 7.57. The Balaban J connectivity index is 1.89. The Labute approximate surface area is 121 Å². The van der Waals surface area contributed by atoms with E-state index in [1.807, 2.05) is 0 Å². The number of benzene rings is 2. The molecule has 0 amide bonds. The van der Waals surface area contributed by atoms with Crippen molar-refractivity contribution in [2.24, 2.45) is 5.92 Å². The average molecular weight is 263 g/mol. The van der Waals surface area contributed by atoms with Crippen LogP contribution in [0, 0.1) is 5.92 Å². The van der Waals surface area contributed by atoms with E-state index >= 15 is 0 Å². The van der Waals surface area contributed by atoms with Crippen molar-refractivity contribution < 1.29 is 0 Å². The summed E-state index contributed by atoms with van der Waals surface area (Å²) in [7, 11) is 4.40. The molecule has 2 aliphatic rings. The summed E-state index contributed by atoms with van der Waals surface area (Å²) in [4.78, 5) is 2.35. The van der Waals surface area contributed by atoms with E-state index in [0.717, 1.165) is 5.92 Å². The largest absolute Gasteiger partial charge is 0.309 e. The van der Waals surface area contributed by atoms with Crippen molar-refractivity contribution in [3.05, 3.63) is 70.8 Å². The molecule has 0 N–H and O–H groups in total. The van der Waals surface area contributed by atoms with Crippen LogP contribution in [0.1, 0.15) is 34.1 Å². The zero-order chi connectivity index (χ0) is 13.7. The fraction of sp³-hybridized carbons (Fsp3) is 0.368. The van der Waals surface area contributed by atoms with Gasteiger partial charge in [-0.2, -0.15) is 0 Å². The van der Waals surface area contributed by atoms with Gasteiger partial charge in [0, 0.05) is 12.5 Å². The van der Waals surface area contributed by atoms with Crippen LogP contribution in [0.25, 0.3) is 0 Å². The molecule has 2 aromatic rings. The first-order valence-electron chi connectivity index (χ1n) is 7.57. The zero-order valence-electron chi connectivity index (χ0n) is 12.2. The van der Waals surface area contributed by atoms with E-state index in [0.29, 0.717) is 11.8 Å². The highest BCUT2D eigenvalue weighted by Crippen LogP contribution is 2.55. The van der Waals surface area contributed by atoms with Crippen molar-refractivity contribution in [1.82, 2.24) is 4.90 Å². The van der Waals surface area contributed by atoms with E-state index in [9.17, 15) is 0 Å². The Morgan fingerprint density at radius 1 is 0.900 bits per heavy atom. The summed E-state index contributed by atoms with van der Waals surface area (Å²) >= 11 is 0. The number of rotatable bonds is 2. The Morgan fingerprint density at radius 3 is 2.30 bits per heavy atom. The SMILES string of the molecule is CN(C)C[C@H]1[C@@H]2c3ccccc3C[C@H]1c1ccccc12. The second-order valence-electron chi connectivity index (χ2n) is 6.54. The van der Waals surface area contributed by atoms with Gasteiger partial charge in [0.25, 0.3) is 0 Å². The van der Waals surface area contributed by atoms with Crippen molar-refractivity contribution in [3.63, 3.8) is 0 Å². The molecule has 1 nitrogen and oxygen atoms in total. The minimum absolute atomic E-state index is 0.601. The summed E-state index contributed by atoms with van der Waals surface area (Å²) < 4.78 is 0. The quantitative estimate of drug-likeness (QED) is 0.799. The van der Waals surface area contributed by atoms with Gasteiger partial charge in [-0.15, -0.1) is 0 Å². The molecule has 0 radical (unpaired) electrons. The lowest BCUT2D eigenvalue weighted by Gasteiger charge is -2.34. The van der Waals surface area contributed by atoms with Gasteiger partial charge in [-0.1, -0.05) is 48.5 Å². The van der Waals surface area contributed by atoms with Gasteiger partial charge in [0.15, 0.2) is 0 Å². The maximum atomic E-state index is 2.36. The fourth-order valence-electron chi connectivity index (χ4n) is 4.40. The van der Waals surface area contributed by atoms with Gasteiger partial charge in [0.1, 0.15) is 0 Å². The Kier molecular flexibility index (Phi) is 2.71. The molecule has 0 fully saturated rings. The van der Waals surface area contributed by atoms with Gasteiger partial charge < -0.3 is 4.90 Å². The molecular formula is C19H21N. The molecule has 0 saturated heterocycles. The van der Waals surface area contributed by atoms with Crippen LogP contribution in [0.15, 0.2) is 48.5 Å². The Hall–Kier alpha value is -1.60. The molecule has 2 bridgehead atoms. The van der Waals surface area contributed by atoms with Gasteiger partial charge in [-0.05, 0) is 54.6 Å². The lowest BCUT2D eigenvalue weighted by atomic mass is 9.73. The van der Waals surface area contributed by atoms with Crippen LogP contribution in [0.4, 0.5) is 0 Å². The third-order valence-corrected chi connectivity index (χ3v) is 5.08. The molecular weight excluding hydrogens is 242 g/mol. The number of hydrogen-bond donors (Lipinski definition) is 0. The fourth-order valence-corrected chi connectivity index (χ4v) is 4.40. The third-order valence-electron chi connectivity index (χ3n) is 5.08. The maximum Gasteiger partial charge on any atom is 0.0141 e. The number of fused-ring (bicyclic) bond motifs is 7. The molecule has 0 aromatic heterocycles. The van der Waals surface area contributed by atoms with E-state index in [1.54, 1.807) is 22.3 Å². The van der Waals surface area contributed by atoms with Gasteiger partial charge in [0.05, 0.1) is 0 Å². The zero-order valence-corrected chi connectivity index (χ0v) is 12.2. The molecule has 2 aliphatic carbocycles. The van der Waals surface area contributed by atoms with Crippen molar-refractivity contribution in [2.45, 2.75) is 18.3 Å². The third kappa shape index (κ3) is 1.66. The standard InChI is InChI=1S/C19H21N/c1-20(2)12-18-17-11-13-7-3-4-8-14(13)19(18)16-10-6-5-9-15(16)17/h3-10,17-19H,11-12H2,1-2H3/t17-,18+,19+/m0/s1. The van der Waals surface area contributed by atoms with Gasteiger partial charge in [-0.25, -0.2) is 0 Å². The summed E-state index contributed by atoms with van der Waals surface area (Å²) in [5.41, 5.74) is 6.31. The van der Waals surface area contributed by atoms with Crippen molar-refractivity contribution >= 4 is 0 Å². The molecule has 20 heavy (non-hydrogen) atoms. The molecule has 0 spiro atoms. The lowest BCUT2D eigenvalue weighted by molar-refractivity contribution is 0.274. The van der Waals surface area contributed by atoms with Crippen LogP contribution < -0.4 is 0 Å². The summed E-state index contributed by atoms with van der Waals surface area (Å²) in [6, 6.07) is 18.2. The maximum absolute atomic E-state index is 2.36. The molecule has 0 unspecified atom stereocenters. The van der Waals surface area contributed by atoms with E-state index < -0.39 is 0 Å². The normalized spacial score (nSPS) is 26.4. The van der Waals surface area contributed by atoms with Crippen molar-refractivity contribution in [2.75, 3.05) is 20.6 Å². The van der Waals surface area contributed by atoms with E-state index in [-0.39, 0.29) is 0 Å². The van der Waals surface area contributed by atoms with Crippen LogP contribution in [0.5, 0.6) is 0 Å². The van der Waals surface area contributed by atoms with Crippen LogP contribution in [-0.4, -0.2) is 25.5 Å². The minimum atomic E-state index is 0.601. The molecule has 2 aromatic carbocycles. The summed E-state index contributed by atoms with van der Waals surface area (Å²) in [5.74, 6) is 2.04. The van der Waals surface area contributed by atoms with E-state index in [4.69, 9.17) is 0 Å². The number of nitrogens with zero attached hydrogens (tertiary/aromatic N) is 1. The van der Waals surface area contributed by atoms with Crippen molar-refractivity contribution in [1.29, 1.82) is 0 Å². The van der Waals surface area contributed by atoms with E-state index in [2.05, 4.69) is 67.5 Å². The minimum Gasteiger partial charge on any atom is -0.309 e. The van der Waals surface area contributed by atoms with Crippen LogP contribution in [-0.2, 0) is 6.42 Å². The lowest BCUT2D eigenvalue weighted by Crippen LogP contribution is -2.31. The summed E-state index contributed by atoms with van der Waals surface area (Å²) in [5, 5.41) is 0. The van der Waals surface area contributed by atoms with Gasteiger partial charge in [0.2, 0.25) is 0 Å². The highest BCUT2D eigenvalue weighted by Gasteiger charge is 2.45. The monoisotopic (exact) mass is 263 g/mol. The van der Waals surface area contributed by atoms with Crippen LogP contribution in [0.2, 0.25) is 0 Å². The molecule has 0 aliphatic heterocycles. The second-order valence-corrected chi connectivity index (χ2v) is 6.54. The molecule has 3 atom stereocenters. The molecule has 0 heterocycles. The first kappa shape index (κ1) is 12.2. The summed E-state index contributed by atoms with van der Waals surface area (Å²) in [6.45, 7) is 1.18. The molecule has 1 heteroatoms. The Bertz CT molecular complexity index is 633. The average Bonchev–Trinajstić information content (AvgIpc) is 2.65.